The summed E-state index contributed by atoms with van der Waals surface area (Å²) in [5, 5.41) is 0. The zero-order valence-corrected chi connectivity index (χ0v) is 19.0. The van der Waals surface area contributed by atoms with Crippen molar-refractivity contribution in [2.45, 2.75) is 84.0 Å². The lowest BCUT2D eigenvalue weighted by molar-refractivity contribution is -0.131. The van der Waals surface area contributed by atoms with Crippen LogP contribution in [0.5, 0.6) is 11.5 Å². The first-order valence-corrected chi connectivity index (χ1v) is 11.6. The molecule has 0 aliphatic rings. The summed E-state index contributed by atoms with van der Waals surface area (Å²) in [4.78, 5) is 11.2. The van der Waals surface area contributed by atoms with Gasteiger partial charge in [0.15, 0.2) is 0 Å². The summed E-state index contributed by atoms with van der Waals surface area (Å²) in [6.07, 6.45) is 13.1. The second-order valence-electron chi connectivity index (χ2n) is 8.11. The van der Waals surface area contributed by atoms with Crippen molar-refractivity contribution in [3.63, 3.8) is 0 Å². The van der Waals surface area contributed by atoms with Gasteiger partial charge >= 0.3 is 5.97 Å². The van der Waals surface area contributed by atoms with Crippen LogP contribution in [-0.4, -0.2) is 13.1 Å². The summed E-state index contributed by atoms with van der Waals surface area (Å²) < 4.78 is 10.5. The Bertz CT molecular complexity index is 719. The first-order chi connectivity index (χ1) is 14.6. The van der Waals surface area contributed by atoms with Gasteiger partial charge in [-0.1, -0.05) is 89.0 Å². The van der Waals surface area contributed by atoms with E-state index in [1.165, 1.54) is 75.8 Å². The Morgan fingerprint density at radius 1 is 0.733 bits per heavy atom. The van der Waals surface area contributed by atoms with Gasteiger partial charge in [-0.2, -0.15) is 0 Å². The first-order valence-electron chi connectivity index (χ1n) is 11.6. The normalized spacial score (nSPS) is 11.8. The summed E-state index contributed by atoms with van der Waals surface area (Å²) >= 11 is 0. The van der Waals surface area contributed by atoms with Crippen molar-refractivity contribution in [2.75, 3.05) is 7.11 Å². The number of hydrogen-bond acceptors (Lipinski definition) is 3. The lowest BCUT2D eigenvalue weighted by atomic mass is 9.86. The van der Waals surface area contributed by atoms with E-state index >= 15 is 0 Å². The van der Waals surface area contributed by atoms with Crippen LogP contribution in [0.1, 0.15) is 95.1 Å². The van der Waals surface area contributed by atoms with Gasteiger partial charge in [-0.25, -0.2) is 0 Å². The molecule has 0 spiro atoms. The molecule has 0 amide bonds. The van der Waals surface area contributed by atoms with Crippen molar-refractivity contribution >= 4 is 5.97 Å². The summed E-state index contributed by atoms with van der Waals surface area (Å²) in [6.45, 7) is 3.70. The van der Waals surface area contributed by atoms with E-state index in [9.17, 15) is 4.79 Å². The van der Waals surface area contributed by atoms with Crippen LogP contribution in [0.3, 0.4) is 0 Å². The number of unbranched alkanes of at least 4 members (excludes halogenated alkanes) is 8. The van der Waals surface area contributed by atoms with Gasteiger partial charge in [-0.15, -0.1) is 0 Å². The maximum atomic E-state index is 11.2. The van der Waals surface area contributed by atoms with E-state index < -0.39 is 0 Å². The van der Waals surface area contributed by atoms with Crippen molar-refractivity contribution < 1.29 is 14.3 Å². The molecular weight excluding hydrogens is 372 g/mol. The maximum absolute atomic E-state index is 11.2. The van der Waals surface area contributed by atoms with E-state index in [0.717, 1.165) is 12.2 Å². The molecule has 0 fully saturated rings. The van der Waals surface area contributed by atoms with Gasteiger partial charge in [0.1, 0.15) is 11.5 Å². The summed E-state index contributed by atoms with van der Waals surface area (Å²) in [7, 11) is 1.70. The van der Waals surface area contributed by atoms with E-state index in [2.05, 4.69) is 31.2 Å². The number of carbonyl (C=O) groups excluding carboxylic acids is 1. The Hall–Kier alpha value is -2.29. The minimum atomic E-state index is -0.288. The highest BCUT2D eigenvalue weighted by Crippen LogP contribution is 2.32. The van der Waals surface area contributed by atoms with Crippen LogP contribution in [0.2, 0.25) is 0 Å². The molecule has 30 heavy (non-hydrogen) atoms. The molecule has 164 valence electrons. The third kappa shape index (κ3) is 8.61. The van der Waals surface area contributed by atoms with E-state index in [0.29, 0.717) is 11.7 Å². The Morgan fingerprint density at radius 2 is 1.20 bits per heavy atom. The largest absolute Gasteiger partial charge is 0.497 e. The topological polar surface area (TPSA) is 35.5 Å². The monoisotopic (exact) mass is 410 g/mol. The van der Waals surface area contributed by atoms with Gasteiger partial charge in [-0.05, 0) is 41.8 Å². The lowest BCUT2D eigenvalue weighted by Crippen LogP contribution is -2.04. The molecule has 0 aliphatic heterocycles. The smallest absolute Gasteiger partial charge is 0.308 e. The molecule has 2 aromatic rings. The molecule has 0 saturated heterocycles. The second-order valence-corrected chi connectivity index (χ2v) is 8.11. The average Bonchev–Trinajstić information content (AvgIpc) is 2.76. The second kappa shape index (κ2) is 13.8. The molecule has 0 heterocycles. The fraction of sp³-hybridized carbons (Fsp3) is 0.519. The number of benzene rings is 2. The molecule has 2 rings (SSSR count). The highest BCUT2D eigenvalue weighted by molar-refractivity contribution is 5.69. The summed E-state index contributed by atoms with van der Waals surface area (Å²) in [5.74, 6) is 1.53. The van der Waals surface area contributed by atoms with Crippen LogP contribution in [0.4, 0.5) is 0 Å². The number of methoxy groups -OCH3 is 1. The van der Waals surface area contributed by atoms with Crippen molar-refractivity contribution in [1.29, 1.82) is 0 Å². The number of rotatable bonds is 14. The standard InChI is InChI=1S/C27H38O3/c1-4-5-6-7-8-9-10-11-12-13-27(23-14-18-25(29-3)19-15-23)24-16-20-26(21-17-24)30-22(2)28/h14-21,27H,4-13H2,1-3H3. The molecular formula is C27H38O3. The molecule has 0 saturated carbocycles. The SMILES string of the molecule is CCCCCCCCCCCC(c1ccc(OC)cc1)c1ccc(OC(C)=O)cc1. The number of hydrogen-bond donors (Lipinski definition) is 0. The van der Waals surface area contributed by atoms with Gasteiger partial charge in [-0.3, -0.25) is 4.79 Å². The number of ether oxygens (including phenoxy) is 2. The van der Waals surface area contributed by atoms with E-state index in [-0.39, 0.29) is 5.97 Å². The molecule has 0 radical (unpaired) electrons. The van der Waals surface area contributed by atoms with Gasteiger partial charge in [0, 0.05) is 12.8 Å². The van der Waals surface area contributed by atoms with Crippen LogP contribution in [0.15, 0.2) is 48.5 Å². The predicted molar refractivity (Wildman–Crippen MR) is 124 cm³/mol. The van der Waals surface area contributed by atoms with E-state index in [4.69, 9.17) is 9.47 Å². The third-order valence-corrected chi connectivity index (χ3v) is 5.66. The summed E-state index contributed by atoms with van der Waals surface area (Å²) in [5.41, 5.74) is 2.56. The molecule has 3 heteroatoms. The molecule has 0 bridgehead atoms. The number of esters is 1. The van der Waals surface area contributed by atoms with Crippen LogP contribution >= 0.6 is 0 Å². The van der Waals surface area contributed by atoms with Gasteiger partial charge in [0.25, 0.3) is 0 Å². The summed E-state index contributed by atoms with van der Waals surface area (Å²) in [6, 6.07) is 16.3. The minimum Gasteiger partial charge on any atom is -0.497 e. The molecule has 0 aliphatic carbocycles. The van der Waals surface area contributed by atoms with Crippen LogP contribution in [-0.2, 0) is 4.79 Å². The highest BCUT2D eigenvalue weighted by Gasteiger charge is 2.15. The van der Waals surface area contributed by atoms with Crippen LogP contribution in [0, 0.1) is 0 Å². The molecule has 0 N–H and O–H groups in total. The fourth-order valence-corrected chi connectivity index (χ4v) is 3.96. The zero-order valence-electron chi connectivity index (χ0n) is 19.0. The predicted octanol–water partition coefficient (Wildman–Crippen LogP) is 7.67. The molecule has 1 unspecified atom stereocenters. The molecule has 2 aromatic carbocycles. The van der Waals surface area contributed by atoms with Crippen molar-refractivity contribution in [3.8, 4) is 11.5 Å². The van der Waals surface area contributed by atoms with Crippen LogP contribution < -0.4 is 9.47 Å². The molecule has 0 aromatic heterocycles. The molecule has 3 nitrogen and oxygen atoms in total. The Balaban J connectivity index is 1.93. The third-order valence-electron chi connectivity index (χ3n) is 5.66. The van der Waals surface area contributed by atoms with Gasteiger partial charge < -0.3 is 9.47 Å². The van der Waals surface area contributed by atoms with E-state index in [1.54, 1.807) is 7.11 Å². The lowest BCUT2D eigenvalue weighted by Gasteiger charge is -2.19. The highest BCUT2D eigenvalue weighted by atomic mass is 16.5. The van der Waals surface area contributed by atoms with E-state index in [1.807, 2.05) is 24.3 Å². The Labute approximate surface area is 182 Å². The van der Waals surface area contributed by atoms with Crippen molar-refractivity contribution in [1.82, 2.24) is 0 Å². The fourth-order valence-electron chi connectivity index (χ4n) is 3.96. The quantitative estimate of drug-likeness (QED) is 0.182. The Kier molecular flexibility index (Phi) is 11.1. The minimum absolute atomic E-state index is 0.288. The van der Waals surface area contributed by atoms with Gasteiger partial charge in [0.05, 0.1) is 7.11 Å². The molecule has 1 atom stereocenters. The van der Waals surface area contributed by atoms with Gasteiger partial charge in [0.2, 0.25) is 0 Å². The zero-order chi connectivity index (χ0) is 21.6. The van der Waals surface area contributed by atoms with Crippen molar-refractivity contribution in [3.05, 3.63) is 59.7 Å². The van der Waals surface area contributed by atoms with Crippen LogP contribution in [0.25, 0.3) is 0 Å². The maximum Gasteiger partial charge on any atom is 0.308 e. The Morgan fingerprint density at radius 3 is 1.67 bits per heavy atom. The number of carbonyl (C=O) groups is 1. The average molecular weight is 411 g/mol. The first kappa shape index (κ1) is 24.0. The van der Waals surface area contributed by atoms with Crippen molar-refractivity contribution in [2.24, 2.45) is 0 Å².